The molecule has 0 saturated heterocycles. The first kappa shape index (κ1) is 26.0. The van der Waals surface area contributed by atoms with Gasteiger partial charge in [0.1, 0.15) is 5.75 Å². The highest BCUT2D eigenvalue weighted by molar-refractivity contribution is 5.94. The van der Waals surface area contributed by atoms with Crippen molar-refractivity contribution >= 4 is 11.6 Å². The van der Waals surface area contributed by atoms with E-state index in [1.807, 2.05) is 0 Å². The summed E-state index contributed by atoms with van der Waals surface area (Å²) in [5.41, 5.74) is 5.89. The van der Waals surface area contributed by atoms with Gasteiger partial charge < -0.3 is 24.8 Å². The van der Waals surface area contributed by atoms with Crippen molar-refractivity contribution in [2.24, 2.45) is 0 Å². The van der Waals surface area contributed by atoms with Crippen molar-refractivity contribution in [3.05, 3.63) is 65.2 Å². The number of hydrogen-bond donors (Lipinski definition) is 1. The van der Waals surface area contributed by atoms with Crippen LogP contribution in [0.1, 0.15) is 15.9 Å². The molecule has 0 unspecified atom stereocenters. The van der Waals surface area contributed by atoms with Gasteiger partial charge in [-0.2, -0.15) is 32.2 Å². The zero-order valence-corrected chi connectivity index (χ0v) is 18.7. The maximum atomic E-state index is 15.0. The molecule has 0 fully saturated rings. The third-order valence-corrected chi connectivity index (χ3v) is 4.41. The van der Waals surface area contributed by atoms with Crippen LogP contribution in [0.15, 0.2) is 42.5 Å². The molecule has 2 aromatic carbocycles. The van der Waals surface area contributed by atoms with Gasteiger partial charge in [0.2, 0.25) is 17.4 Å². The van der Waals surface area contributed by atoms with Gasteiger partial charge in [-0.15, -0.1) is 0 Å². The molecule has 0 atom stereocenters. The summed E-state index contributed by atoms with van der Waals surface area (Å²) < 4.78 is 82.9. The van der Waals surface area contributed by atoms with Gasteiger partial charge in [0.05, 0.1) is 17.3 Å². The number of aromatic nitrogens is 1. The Balaban J connectivity index is 2.08. The third kappa shape index (κ3) is 6.09. The van der Waals surface area contributed by atoms with Crippen molar-refractivity contribution in [2.75, 3.05) is 26.4 Å². The summed E-state index contributed by atoms with van der Waals surface area (Å²) in [6.45, 7) is -2.03. The van der Waals surface area contributed by atoms with E-state index in [0.717, 1.165) is 6.07 Å². The van der Waals surface area contributed by atoms with Crippen LogP contribution in [0.5, 0.6) is 29.0 Å². The number of nitrogens with two attached hydrogens (primary N) is 1. The number of rotatable bonds is 7. The van der Waals surface area contributed by atoms with Crippen LogP contribution in [0, 0.1) is 23.0 Å². The second kappa shape index (κ2) is 10.3. The zero-order chi connectivity index (χ0) is 26.6. The van der Waals surface area contributed by atoms with Crippen molar-refractivity contribution in [3.63, 3.8) is 0 Å². The highest BCUT2D eigenvalue weighted by Crippen LogP contribution is 2.39. The van der Waals surface area contributed by atoms with E-state index in [9.17, 15) is 26.7 Å². The Morgan fingerprint density at radius 3 is 2.36 bits per heavy atom. The van der Waals surface area contributed by atoms with Gasteiger partial charge in [-0.3, -0.25) is 4.79 Å². The molecule has 0 spiro atoms. The summed E-state index contributed by atoms with van der Waals surface area (Å²) in [4.78, 5) is 17.0. The molecule has 0 aliphatic carbocycles. The Labute approximate surface area is 201 Å². The number of anilines is 1. The smallest absolute Gasteiger partial charge is 0.422 e. The number of benzene rings is 2. The highest BCUT2D eigenvalue weighted by Gasteiger charge is 2.32. The van der Waals surface area contributed by atoms with Crippen LogP contribution in [-0.2, 0) is 0 Å². The molecule has 8 nitrogen and oxygen atoms in total. The summed E-state index contributed by atoms with van der Waals surface area (Å²) in [7, 11) is 3.00. The molecule has 0 radical (unpaired) electrons. The van der Waals surface area contributed by atoms with Crippen LogP contribution in [-0.4, -0.2) is 42.7 Å². The van der Waals surface area contributed by atoms with E-state index in [2.05, 4.69) is 9.72 Å². The normalized spacial score (nSPS) is 10.9. The summed E-state index contributed by atoms with van der Waals surface area (Å²) in [5.74, 6) is -7.74. The van der Waals surface area contributed by atoms with Crippen LogP contribution in [0.4, 0.5) is 27.6 Å². The van der Waals surface area contributed by atoms with E-state index in [0.29, 0.717) is 0 Å². The number of pyridine rings is 1. The van der Waals surface area contributed by atoms with Gasteiger partial charge in [0.25, 0.3) is 17.7 Å². The van der Waals surface area contributed by atoms with E-state index < -0.39 is 47.8 Å². The molecular formula is C23H17F5N4O4. The van der Waals surface area contributed by atoms with Gasteiger partial charge in [0.15, 0.2) is 12.4 Å². The molecule has 2 N–H and O–H groups in total. The minimum atomic E-state index is -4.92. The average molecular weight is 508 g/mol. The first-order chi connectivity index (χ1) is 16.9. The van der Waals surface area contributed by atoms with E-state index in [-0.39, 0.29) is 28.3 Å². The Kier molecular flexibility index (Phi) is 7.47. The molecule has 3 rings (SSSR count). The van der Waals surface area contributed by atoms with Crippen molar-refractivity contribution in [3.8, 4) is 35.1 Å². The quantitative estimate of drug-likeness (QED) is 0.352. The predicted molar refractivity (Wildman–Crippen MR) is 116 cm³/mol. The molecule has 0 aliphatic heterocycles. The number of nitrogens with zero attached hydrogens (tertiary/aromatic N) is 3. The lowest BCUT2D eigenvalue weighted by molar-refractivity contribution is -0.154. The van der Waals surface area contributed by atoms with E-state index >= 15 is 0 Å². The van der Waals surface area contributed by atoms with E-state index in [1.54, 1.807) is 6.07 Å². The number of carbonyl (C=O) groups is 1. The fraction of sp³-hybridized carbons (Fsp3) is 0.174. The second-order valence-corrected chi connectivity index (χ2v) is 7.38. The molecule has 0 aliphatic rings. The summed E-state index contributed by atoms with van der Waals surface area (Å²) >= 11 is 0. The lowest BCUT2D eigenvalue weighted by Crippen LogP contribution is -2.21. The number of nitrogen functional groups attached to an aromatic ring is 1. The molecule has 13 heteroatoms. The Morgan fingerprint density at radius 1 is 1.08 bits per heavy atom. The van der Waals surface area contributed by atoms with E-state index in [1.165, 1.54) is 55.4 Å². The summed E-state index contributed by atoms with van der Waals surface area (Å²) in [5, 5.41) is 9.05. The number of ether oxygens (including phenoxy) is 3. The third-order valence-electron chi connectivity index (χ3n) is 4.41. The maximum absolute atomic E-state index is 15.0. The summed E-state index contributed by atoms with van der Waals surface area (Å²) in [6, 6.07) is 10.9. The van der Waals surface area contributed by atoms with Crippen molar-refractivity contribution in [1.82, 2.24) is 9.88 Å². The molecule has 1 amide bonds. The van der Waals surface area contributed by atoms with Gasteiger partial charge in [-0.25, -0.2) is 0 Å². The monoisotopic (exact) mass is 508 g/mol. The topological polar surface area (TPSA) is 111 Å². The van der Waals surface area contributed by atoms with Crippen molar-refractivity contribution < 1.29 is 41.0 Å². The zero-order valence-electron chi connectivity index (χ0n) is 18.7. The van der Waals surface area contributed by atoms with Crippen molar-refractivity contribution in [1.29, 1.82) is 5.26 Å². The number of nitriles is 1. The first-order valence-electron chi connectivity index (χ1n) is 9.95. The lowest BCUT2D eigenvalue weighted by atomic mass is 10.2. The minimum absolute atomic E-state index is 0.0640. The number of carbonyl (C=O) groups excluding carboxylic acids is 1. The SMILES string of the molecule is CN(C)C(=O)c1cccc(Oc2nc(Oc3cc(C#N)ccc3N)c(F)c(OCC(F)(F)F)c2F)c1. The molecular weight excluding hydrogens is 491 g/mol. The largest absolute Gasteiger partial charge is 0.478 e. The van der Waals surface area contributed by atoms with Crippen LogP contribution in [0.3, 0.4) is 0 Å². The Hall–Kier alpha value is -4.60. The summed E-state index contributed by atoms with van der Waals surface area (Å²) in [6.07, 6.45) is -4.92. The van der Waals surface area contributed by atoms with Crippen LogP contribution >= 0.6 is 0 Å². The second-order valence-electron chi connectivity index (χ2n) is 7.38. The standard InChI is InChI=1S/C23H17F5N4O4/c1-32(2)22(33)13-4-3-5-14(9-13)35-20-17(24)19(34-11-23(26,27)28)18(25)21(31-20)36-16-8-12(10-29)6-7-15(16)30/h3-9H,11,30H2,1-2H3. The number of alkyl halides is 3. The van der Waals surface area contributed by atoms with Crippen LogP contribution in [0.25, 0.3) is 0 Å². The number of hydrogen-bond acceptors (Lipinski definition) is 7. The number of amides is 1. The molecule has 36 heavy (non-hydrogen) atoms. The van der Waals surface area contributed by atoms with Gasteiger partial charge in [-0.1, -0.05) is 6.07 Å². The molecule has 188 valence electrons. The molecule has 3 aromatic rings. The fourth-order valence-electron chi connectivity index (χ4n) is 2.76. The molecule has 1 heterocycles. The maximum Gasteiger partial charge on any atom is 0.422 e. The van der Waals surface area contributed by atoms with Gasteiger partial charge in [0, 0.05) is 25.7 Å². The van der Waals surface area contributed by atoms with Gasteiger partial charge >= 0.3 is 6.18 Å². The average Bonchev–Trinajstić information content (AvgIpc) is 2.82. The predicted octanol–water partition coefficient (Wildman–Crippen LogP) is 5.04. The highest BCUT2D eigenvalue weighted by atomic mass is 19.4. The Bertz CT molecular complexity index is 1340. The van der Waals surface area contributed by atoms with Crippen molar-refractivity contribution in [2.45, 2.75) is 6.18 Å². The van der Waals surface area contributed by atoms with E-state index in [4.69, 9.17) is 20.5 Å². The molecule has 1 aromatic heterocycles. The Morgan fingerprint density at radius 2 is 1.75 bits per heavy atom. The fourth-order valence-corrected chi connectivity index (χ4v) is 2.76. The van der Waals surface area contributed by atoms with Crippen LogP contribution in [0.2, 0.25) is 0 Å². The van der Waals surface area contributed by atoms with Gasteiger partial charge in [-0.05, 0) is 30.3 Å². The van der Waals surface area contributed by atoms with Crippen LogP contribution < -0.4 is 19.9 Å². The molecule has 0 saturated carbocycles. The minimum Gasteiger partial charge on any atom is -0.478 e. The number of halogens is 5. The lowest BCUT2D eigenvalue weighted by Gasteiger charge is -2.16. The molecule has 0 bridgehead atoms. The first-order valence-corrected chi connectivity index (χ1v) is 9.95.